The lowest BCUT2D eigenvalue weighted by atomic mass is 10.1. The van der Waals surface area contributed by atoms with Crippen molar-refractivity contribution in [2.24, 2.45) is 0 Å². The zero-order valence-corrected chi connectivity index (χ0v) is 16.5. The Morgan fingerprint density at radius 2 is 1.77 bits per heavy atom. The van der Waals surface area contributed by atoms with E-state index in [2.05, 4.69) is 27.0 Å². The molecular weight excluding hydrogens is 389 g/mol. The minimum atomic E-state index is -4.44. The second-order valence-corrected chi connectivity index (χ2v) is 7.09. The Morgan fingerprint density at radius 3 is 2.47 bits per heavy atom. The molecule has 0 spiro atoms. The number of nitrogens with zero attached hydrogens (tertiary/aromatic N) is 4. The second kappa shape index (κ2) is 9.51. The van der Waals surface area contributed by atoms with Crippen molar-refractivity contribution in [3.8, 4) is 17.3 Å². The highest BCUT2D eigenvalue weighted by Crippen LogP contribution is 2.31. The van der Waals surface area contributed by atoms with E-state index in [1.165, 1.54) is 11.6 Å². The van der Waals surface area contributed by atoms with E-state index in [9.17, 15) is 18.4 Å². The average Bonchev–Trinajstić information content (AvgIpc) is 2.73. The maximum absolute atomic E-state index is 13.0. The van der Waals surface area contributed by atoms with Crippen LogP contribution in [0.15, 0.2) is 60.7 Å². The van der Waals surface area contributed by atoms with Crippen LogP contribution in [-0.2, 0) is 19.1 Å². The van der Waals surface area contributed by atoms with Gasteiger partial charge in [0, 0.05) is 17.8 Å². The van der Waals surface area contributed by atoms with Gasteiger partial charge in [-0.25, -0.2) is 9.97 Å². The first-order valence-electron chi connectivity index (χ1n) is 9.53. The monoisotopic (exact) mass is 410 g/mol. The van der Waals surface area contributed by atoms with Gasteiger partial charge in [-0.1, -0.05) is 42.5 Å². The molecule has 0 aliphatic heterocycles. The molecule has 0 aliphatic carbocycles. The van der Waals surface area contributed by atoms with Crippen molar-refractivity contribution < 1.29 is 13.2 Å². The Balaban J connectivity index is 1.70. The van der Waals surface area contributed by atoms with Crippen molar-refractivity contribution in [1.29, 1.82) is 5.26 Å². The van der Waals surface area contributed by atoms with E-state index in [0.717, 1.165) is 31.6 Å². The fourth-order valence-corrected chi connectivity index (χ4v) is 3.18. The smallest absolute Gasteiger partial charge is 0.302 e. The van der Waals surface area contributed by atoms with Crippen molar-refractivity contribution in [3.63, 3.8) is 0 Å². The third-order valence-electron chi connectivity index (χ3n) is 4.63. The number of hydrogen-bond acceptors (Lipinski definition) is 4. The molecule has 30 heavy (non-hydrogen) atoms. The third-order valence-corrected chi connectivity index (χ3v) is 4.63. The minimum Gasteiger partial charge on any atom is -0.302 e. The molecule has 154 valence electrons. The molecule has 0 saturated carbocycles. The third kappa shape index (κ3) is 5.88. The van der Waals surface area contributed by atoms with Crippen molar-refractivity contribution in [3.05, 3.63) is 83.3 Å². The largest absolute Gasteiger partial charge is 0.416 e. The SMILES string of the molecule is CN(CCCc1cc(-c2cccc(C(F)(F)F)c2)nc(C#N)n1)Cc1ccccc1. The maximum Gasteiger partial charge on any atom is 0.416 e. The van der Waals surface area contributed by atoms with Crippen LogP contribution < -0.4 is 0 Å². The maximum atomic E-state index is 13.0. The van der Waals surface area contributed by atoms with Crippen LogP contribution in [0.5, 0.6) is 0 Å². The number of nitriles is 1. The van der Waals surface area contributed by atoms with Crippen molar-refractivity contribution in [1.82, 2.24) is 14.9 Å². The summed E-state index contributed by atoms with van der Waals surface area (Å²) in [5.41, 5.74) is 1.75. The summed E-state index contributed by atoms with van der Waals surface area (Å²) in [6, 6.07) is 18.6. The lowest BCUT2D eigenvalue weighted by Crippen LogP contribution is -2.19. The van der Waals surface area contributed by atoms with E-state index in [1.54, 1.807) is 12.1 Å². The molecule has 0 saturated heterocycles. The van der Waals surface area contributed by atoms with Gasteiger partial charge < -0.3 is 4.90 Å². The average molecular weight is 410 g/mol. The molecule has 0 aliphatic rings. The molecule has 0 atom stereocenters. The number of aryl methyl sites for hydroxylation is 1. The highest BCUT2D eigenvalue weighted by atomic mass is 19.4. The first kappa shape index (κ1) is 21.5. The van der Waals surface area contributed by atoms with Gasteiger partial charge in [0.1, 0.15) is 6.07 Å². The van der Waals surface area contributed by atoms with Crippen LogP contribution in [0, 0.1) is 11.3 Å². The fourth-order valence-electron chi connectivity index (χ4n) is 3.18. The zero-order chi connectivity index (χ0) is 21.6. The molecule has 1 heterocycles. The summed E-state index contributed by atoms with van der Waals surface area (Å²) in [5, 5.41) is 9.23. The molecule has 0 N–H and O–H groups in total. The molecule has 1 aromatic heterocycles. The summed E-state index contributed by atoms with van der Waals surface area (Å²) < 4.78 is 39.1. The predicted octanol–water partition coefficient (Wildman–Crippen LogP) is 5.10. The Labute approximate surface area is 173 Å². The van der Waals surface area contributed by atoms with Crippen LogP contribution in [0.3, 0.4) is 0 Å². The number of halogens is 3. The van der Waals surface area contributed by atoms with Gasteiger partial charge in [-0.3, -0.25) is 0 Å². The summed E-state index contributed by atoms with van der Waals surface area (Å²) in [6.07, 6.45) is -3.04. The van der Waals surface area contributed by atoms with E-state index in [0.29, 0.717) is 23.4 Å². The lowest BCUT2D eigenvalue weighted by Gasteiger charge is -2.16. The number of rotatable bonds is 7. The quantitative estimate of drug-likeness (QED) is 0.544. The van der Waals surface area contributed by atoms with Crippen LogP contribution >= 0.6 is 0 Å². The van der Waals surface area contributed by atoms with Gasteiger partial charge in [-0.2, -0.15) is 18.4 Å². The normalized spacial score (nSPS) is 11.5. The van der Waals surface area contributed by atoms with Crippen LogP contribution in [0.2, 0.25) is 0 Å². The standard InChI is InChI=1S/C23H21F3N4/c1-30(16-17-7-3-2-4-8-17)12-6-11-20-14-21(29-22(15-27)28-20)18-9-5-10-19(13-18)23(24,25)26/h2-5,7-10,13-14H,6,11-12,16H2,1H3. The summed E-state index contributed by atoms with van der Waals surface area (Å²) in [6.45, 7) is 1.64. The van der Waals surface area contributed by atoms with Gasteiger partial charge in [0.25, 0.3) is 0 Å². The number of hydrogen-bond donors (Lipinski definition) is 0. The molecule has 3 aromatic rings. The molecule has 2 aromatic carbocycles. The van der Waals surface area contributed by atoms with E-state index in [4.69, 9.17) is 0 Å². The topological polar surface area (TPSA) is 52.8 Å². The summed E-state index contributed by atoms with van der Waals surface area (Å²) in [5.74, 6) is -0.0439. The molecule has 7 heteroatoms. The van der Waals surface area contributed by atoms with E-state index >= 15 is 0 Å². The van der Waals surface area contributed by atoms with Gasteiger partial charge in [0.15, 0.2) is 0 Å². The predicted molar refractivity (Wildman–Crippen MR) is 108 cm³/mol. The molecule has 3 rings (SSSR count). The Kier molecular flexibility index (Phi) is 6.80. The van der Waals surface area contributed by atoms with E-state index in [-0.39, 0.29) is 5.82 Å². The van der Waals surface area contributed by atoms with Crippen LogP contribution in [0.1, 0.15) is 29.1 Å². The minimum absolute atomic E-state index is 0.0439. The summed E-state index contributed by atoms with van der Waals surface area (Å²) in [4.78, 5) is 10.5. The Morgan fingerprint density at radius 1 is 1.00 bits per heavy atom. The first-order chi connectivity index (χ1) is 14.3. The number of alkyl halides is 3. The van der Waals surface area contributed by atoms with Crippen molar-refractivity contribution in [2.45, 2.75) is 25.6 Å². The second-order valence-electron chi connectivity index (χ2n) is 7.09. The van der Waals surface area contributed by atoms with Crippen LogP contribution in [0.25, 0.3) is 11.3 Å². The molecule has 0 bridgehead atoms. The van der Waals surface area contributed by atoms with Gasteiger partial charge in [0.2, 0.25) is 5.82 Å². The molecular formula is C23H21F3N4. The molecule has 4 nitrogen and oxygen atoms in total. The first-order valence-corrected chi connectivity index (χ1v) is 9.53. The Hall–Kier alpha value is -3.24. The summed E-state index contributed by atoms with van der Waals surface area (Å²) >= 11 is 0. The van der Waals surface area contributed by atoms with Gasteiger partial charge >= 0.3 is 6.18 Å². The van der Waals surface area contributed by atoms with Gasteiger partial charge in [-0.15, -0.1) is 0 Å². The highest BCUT2D eigenvalue weighted by Gasteiger charge is 2.30. The lowest BCUT2D eigenvalue weighted by molar-refractivity contribution is -0.137. The Bertz CT molecular complexity index is 1030. The van der Waals surface area contributed by atoms with E-state index < -0.39 is 11.7 Å². The number of benzene rings is 2. The summed E-state index contributed by atoms with van der Waals surface area (Å²) in [7, 11) is 2.03. The highest BCUT2D eigenvalue weighted by molar-refractivity contribution is 5.61. The van der Waals surface area contributed by atoms with Crippen molar-refractivity contribution >= 4 is 0 Å². The molecule has 0 unspecified atom stereocenters. The van der Waals surface area contributed by atoms with Gasteiger partial charge in [0.05, 0.1) is 11.3 Å². The number of aromatic nitrogens is 2. The zero-order valence-electron chi connectivity index (χ0n) is 16.5. The van der Waals surface area contributed by atoms with E-state index in [1.807, 2.05) is 31.3 Å². The van der Waals surface area contributed by atoms with Gasteiger partial charge in [-0.05, 0) is 50.2 Å². The molecule has 0 radical (unpaired) electrons. The van der Waals surface area contributed by atoms with Crippen molar-refractivity contribution in [2.75, 3.05) is 13.6 Å². The van der Waals surface area contributed by atoms with Crippen LogP contribution in [0.4, 0.5) is 13.2 Å². The molecule has 0 amide bonds. The molecule has 0 fully saturated rings. The fraction of sp³-hybridized carbons (Fsp3) is 0.261. The van der Waals surface area contributed by atoms with Crippen LogP contribution in [-0.4, -0.2) is 28.5 Å².